The van der Waals surface area contributed by atoms with Crippen LogP contribution in [-0.2, 0) is 4.79 Å². The van der Waals surface area contributed by atoms with Gasteiger partial charge in [0.05, 0.1) is 35.2 Å². The second-order valence-electron chi connectivity index (χ2n) is 7.03. The Morgan fingerprint density at radius 3 is 2.69 bits per heavy atom. The number of aliphatic hydroxyl groups excluding tert-OH is 1. The van der Waals surface area contributed by atoms with E-state index in [1.807, 2.05) is 0 Å². The van der Waals surface area contributed by atoms with Crippen molar-refractivity contribution in [1.29, 1.82) is 0 Å². The summed E-state index contributed by atoms with van der Waals surface area (Å²) in [5.41, 5.74) is 0.932. The lowest BCUT2D eigenvalue weighted by molar-refractivity contribution is -0.117. The fourth-order valence-electron chi connectivity index (χ4n) is 3.67. The normalized spacial score (nSPS) is 16.2. The number of nitrogens with zero attached hydrogens (tertiary/aromatic N) is 2. The number of halogens is 1. The molecule has 0 bridgehead atoms. The van der Waals surface area contributed by atoms with Crippen molar-refractivity contribution in [3.8, 4) is 5.75 Å². The van der Waals surface area contributed by atoms with E-state index >= 15 is 0 Å². The largest absolute Gasteiger partial charge is 0.503 e. The van der Waals surface area contributed by atoms with E-state index in [0.29, 0.717) is 21.5 Å². The van der Waals surface area contributed by atoms with Crippen molar-refractivity contribution in [2.75, 3.05) is 12.0 Å². The highest BCUT2D eigenvalue weighted by Crippen LogP contribution is 2.44. The van der Waals surface area contributed by atoms with Crippen molar-refractivity contribution in [2.24, 2.45) is 0 Å². The molecule has 2 aromatic heterocycles. The van der Waals surface area contributed by atoms with Gasteiger partial charge in [0.1, 0.15) is 11.6 Å². The van der Waals surface area contributed by atoms with E-state index in [1.54, 1.807) is 30.3 Å². The van der Waals surface area contributed by atoms with E-state index in [-0.39, 0.29) is 16.5 Å². The standard InChI is InChI=1S/C23H15FN2O5S/c1-30-14-7-4-12(5-8-14)19-18(20(27)16-3-2-10-31-16)21(28)22(29)26(19)23-25-15-9-6-13(24)11-17(15)32-23/h2-11,19,28H,1H3/t19-/m0/s1. The molecule has 2 aromatic carbocycles. The number of rotatable bonds is 5. The molecule has 1 atom stereocenters. The number of ketones is 1. The number of carbonyl (C=O) groups is 2. The maximum Gasteiger partial charge on any atom is 0.296 e. The van der Waals surface area contributed by atoms with Crippen molar-refractivity contribution < 1.29 is 28.2 Å². The van der Waals surface area contributed by atoms with Crippen molar-refractivity contribution in [1.82, 2.24) is 4.98 Å². The van der Waals surface area contributed by atoms with Gasteiger partial charge in [0, 0.05) is 0 Å². The molecule has 9 heteroatoms. The third kappa shape index (κ3) is 3.14. The van der Waals surface area contributed by atoms with Gasteiger partial charge in [-0.25, -0.2) is 9.37 Å². The zero-order valence-electron chi connectivity index (χ0n) is 16.6. The van der Waals surface area contributed by atoms with Crippen LogP contribution in [0, 0.1) is 5.82 Å². The van der Waals surface area contributed by atoms with E-state index in [9.17, 15) is 19.1 Å². The Hall–Kier alpha value is -3.98. The van der Waals surface area contributed by atoms with Gasteiger partial charge >= 0.3 is 0 Å². The summed E-state index contributed by atoms with van der Waals surface area (Å²) in [6, 6.07) is 12.9. The fraction of sp³-hybridized carbons (Fsp3) is 0.0870. The van der Waals surface area contributed by atoms with Crippen molar-refractivity contribution >= 4 is 38.4 Å². The van der Waals surface area contributed by atoms with Gasteiger partial charge in [-0.3, -0.25) is 14.5 Å². The molecule has 0 fully saturated rings. The smallest absolute Gasteiger partial charge is 0.296 e. The Labute approximate surface area is 185 Å². The van der Waals surface area contributed by atoms with Crippen molar-refractivity contribution in [3.63, 3.8) is 0 Å². The summed E-state index contributed by atoms with van der Waals surface area (Å²) in [6.07, 6.45) is 1.34. The molecule has 4 aromatic rings. The Kier molecular flexibility index (Phi) is 4.75. The summed E-state index contributed by atoms with van der Waals surface area (Å²) in [5, 5.41) is 11.0. The molecule has 0 spiro atoms. The van der Waals surface area contributed by atoms with E-state index in [2.05, 4.69) is 4.98 Å². The Morgan fingerprint density at radius 2 is 2.00 bits per heavy atom. The van der Waals surface area contributed by atoms with Crippen LogP contribution in [-0.4, -0.2) is 28.9 Å². The monoisotopic (exact) mass is 450 g/mol. The Balaban J connectivity index is 1.67. The highest BCUT2D eigenvalue weighted by atomic mass is 32.1. The van der Waals surface area contributed by atoms with Gasteiger partial charge in [-0.1, -0.05) is 23.5 Å². The number of amides is 1. The second-order valence-corrected chi connectivity index (χ2v) is 8.04. The summed E-state index contributed by atoms with van der Waals surface area (Å²) < 4.78 is 24.6. The quantitative estimate of drug-likeness (QED) is 0.438. The first-order chi connectivity index (χ1) is 15.5. The number of Topliss-reactive ketones (excluding diaryl/α,β-unsaturated/α-hetero) is 1. The Bertz CT molecular complexity index is 1380. The van der Waals surface area contributed by atoms with E-state index in [0.717, 1.165) is 11.3 Å². The zero-order chi connectivity index (χ0) is 22.4. The van der Waals surface area contributed by atoms with Gasteiger partial charge in [0.2, 0.25) is 5.78 Å². The Morgan fingerprint density at radius 1 is 1.22 bits per heavy atom. The van der Waals surface area contributed by atoms with Gasteiger partial charge in [-0.15, -0.1) is 0 Å². The van der Waals surface area contributed by atoms with Crippen LogP contribution < -0.4 is 9.64 Å². The maximum atomic E-state index is 13.7. The van der Waals surface area contributed by atoms with E-state index in [1.165, 1.54) is 42.5 Å². The first-order valence-corrected chi connectivity index (χ1v) is 10.3. The third-order valence-electron chi connectivity index (χ3n) is 5.17. The minimum absolute atomic E-state index is 0.00826. The van der Waals surface area contributed by atoms with Gasteiger partial charge in [-0.2, -0.15) is 0 Å². The first kappa shape index (κ1) is 20.0. The number of carbonyl (C=O) groups excluding carboxylic acids is 2. The molecule has 160 valence electrons. The molecule has 0 aliphatic carbocycles. The van der Waals surface area contributed by atoms with Crippen LogP contribution in [0.25, 0.3) is 10.2 Å². The van der Waals surface area contributed by atoms with Crippen molar-refractivity contribution in [2.45, 2.75) is 6.04 Å². The summed E-state index contributed by atoms with van der Waals surface area (Å²) in [5.74, 6) is -1.92. The number of aromatic nitrogens is 1. The summed E-state index contributed by atoms with van der Waals surface area (Å²) in [4.78, 5) is 32.0. The summed E-state index contributed by atoms with van der Waals surface area (Å²) >= 11 is 1.09. The number of fused-ring (bicyclic) bond motifs is 1. The average molecular weight is 450 g/mol. The molecular weight excluding hydrogens is 435 g/mol. The maximum absolute atomic E-state index is 13.7. The number of benzene rings is 2. The molecule has 32 heavy (non-hydrogen) atoms. The highest BCUT2D eigenvalue weighted by Gasteiger charge is 2.46. The summed E-state index contributed by atoms with van der Waals surface area (Å²) in [6.45, 7) is 0. The SMILES string of the molecule is COc1ccc([C@H]2C(C(=O)c3ccco3)=C(O)C(=O)N2c2nc3ccc(F)cc3s2)cc1. The lowest BCUT2D eigenvalue weighted by Crippen LogP contribution is -2.30. The molecule has 1 aliphatic rings. The molecule has 0 radical (unpaired) electrons. The van der Waals surface area contributed by atoms with E-state index < -0.39 is 29.3 Å². The average Bonchev–Trinajstić information content (AvgIpc) is 3.52. The second kappa shape index (κ2) is 7.61. The molecule has 7 nitrogen and oxygen atoms in total. The number of ether oxygens (including phenoxy) is 1. The predicted molar refractivity (Wildman–Crippen MR) is 115 cm³/mol. The molecule has 0 saturated heterocycles. The minimum atomic E-state index is -0.962. The lowest BCUT2D eigenvalue weighted by Gasteiger charge is -2.24. The predicted octanol–water partition coefficient (Wildman–Crippen LogP) is 4.82. The van der Waals surface area contributed by atoms with Gasteiger partial charge in [-0.05, 0) is 48.0 Å². The third-order valence-corrected chi connectivity index (χ3v) is 6.19. The fourth-order valence-corrected chi connectivity index (χ4v) is 4.68. The zero-order valence-corrected chi connectivity index (χ0v) is 17.4. The molecule has 3 heterocycles. The number of anilines is 1. The van der Waals surface area contributed by atoms with Crippen LogP contribution in [0.5, 0.6) is 5.75 Å². The van der Waals surface area contributed by atoms with Gasteiger partial charge in [0.25, 0.3) is 5.91 Å². The van der Waals surface area contributed by atoms with Crippen LogP contribution in [0.2, 0.25) is 0 Å². The van der Waals surface area contributed by atoms with Crippen LogP contribution in [0.1, 0.15) is 22.2 Å². The minimum Gasteiger partial charge on any atom is -0.503 e. The number of thiazole rings is 1. The molecule has 0 saturated carbocycles. The van der Waals surface area contributed by atoms with Gasteiger partial charge in [0.15, 0.2) is 16.7 Å². The van der Waals surface area contributed by atoms with Crippen LogP contribution in [0.15, 0.2) is 76.6 Å². The first-order valence-electron chi connectivity index (χ1n) is 9.53. The molecule has 0 unspecified atom stereocenters. The van der Waals surface area contributed by atoms with Crippen LogP contribution >= 0.6 is 11.3 Å². The highest BCUT2D eigenvalue weighted by molar-refractivity contribution is 7.22. The molecular formula is C23H15FN2O5S. The molecule has 1 amide bonds. The lowest BCUT2D eigenvalue weighted by atomic mass is 9.95. The molecule has 1 N–H and O–H groups in total. The molecule has 5 rings (SSSR count). The van der Waals surface area contributed by atoms with Crippen LogP contribution in [0.4, 0.5) is 9.52 Å². The number of methoxy groups -OCH3 is 1. The molecule has 1 aliphatic heterocycles. The topological polar surface area (TPSA) is 92.9 Å². The number of furan rings is 1. The van der Waals surface area contributed by atoms with Crippen LogP contribution in [0.3, 0.4) is 0 Å². The van der Waals surface area contributed by atoms with Crippen molar-refractivity contribution in [3.05, 3.63) is 89.3 Å². The number of hydrogen-bond acceptors (Lipinski definition) is 7. The van der Waals surface area contributed by atoms with Gasteiger partial charge < -0.3 is 14.3 Å². The number of aliphatic hydroxyl groups is 1. The van der Waals surface area contributed by atoms with E-state index in [4.69, 9.17) is 9.15 Å². The summed E-state index contributed by atoms with van der Waals surface area (Å²) in [7, 11) is 1.53. The number of hydrogen-bond donors (Lipinski definition) is 1.